The van der Waals surface area contributed by atoms with Crippen molar-refractivity contribution in [2.75, 3.05) is 0 Å². The molecule has 0 radical (unpaired) electrons. The Balaban J connectivity index is 2.42. The average molecular weight is 289 g/mol. The van der Waals surface area contributed by atoms with E-state index in [1.165, 1.54) is 0 Å². The van der Waals surface area contributed by atoms with Gasteiger partial charge in [-0.15, -0.1) is 0 Å². The lowest BCUT2D eigenvalue weighted by Crippen LogP contribution is -2.12. The fraction of sp³-hybridized carbons (Fsp3) is 0.125. The monoisotopic (exact) mass is 289 g/mol. The van der Waals surface area contributed by atoms with Crippen molar-refractivity contribution in [3.63, 3.8) is 0 Å². The first-order valence-corrected chi connectivity index (χ1v) is 6.09. The third-order valence-corrected chi connectivity index (χ3v) is 3.07. The molecule has 106 valence electrons. The molecule has 0 aliphatic rings. The first-order valence-electron chi connectivity index (χ1n) is 6.09. The molecule has 21 heavy (non-hydrogen) atoms. The number of halogens is 3. The lowest BCUT2D eigenvalue weighted by atomic mass is 9.91. The highest BCUT2D eigenvalue weighted by molar-refractivity contribution is 6.02. The van der Waals surface area contributed by atoms with Crippen molar-refractivity contribution in [2.45, 2.75) is 12.8 Å². The molecule has 0 saturated heterocycles. The molecule has 0 saturated carbocycles. The van der Waals surface area contributed by atoms with Gasteiger partial charge in [0.15, 0.2) is 23.2 Å². The van der Waals surface area contributed by atoms with Crippen molar-refractivity contribution >= 4 is 5.78 Å². The Labute approximate surface area is 119 Å². The summed E-state index contributed by atoms with van der Waals surface area (Å²) in [6.45, 7) is 1.84. The van der Waals surface area contributed by atoms with Crippen LogP contribution < -0.4 is 0 Å². The maximum absolute atomic E-state index is 13.2. The second-order valence-electron chi connectivity index (χ2n) is 4.59. The summed E-state index contributed by atoms with van der Waals surface area (Å²) in [5.41, 5.74) is 0.985. The summed E-state index contributed by atoms with van der Waals surface area (Å²) >= 11 is 0. The summed E-state index contributed by atoms with van der Waals surface area (Å²) in [7, 11) is 0. The van der Waals surface area contributed by atoms with Crippen LogP contribution in [0.5, 0.6) is 0 Å². The number of benzene rings is 2. The van der Waals surface area contributed by atoms with Gasteiger partial charge < -0.3 is 0 Å². The number of rotatable bonds is 3. The van der Waals surface area contributed by atoms with E-state index in [1.807, 2.05) is 6.92 Å². The molecule has 0 fully saturated rings. The van der Waals surface area contributed by atoms with Crippen molar-refractivity contribution in [1.82, 2.24) is 0 Å². The Morgan fingerprint density at radius 3 is 2.10 bits per heavy atom. The molecule has 0 bridgehead atoms. The van der Waals surface area contributed by atoms with E-state index in [2.05, 4.69) is 0 Å². The molecule has 0 aromatic heterocycles. The average Bonchev–Trinajstić information content (AvgIpc) is 2.46. The molecule has 1 unspecified atom stereocenters. The molecule has 0 aliphatic heterocycles. The molecule has 0 heterocycles. The molecule has 2 nitrogen and oxygen atoms in total. The number of aryl methyl sites for hydroxylation is 1. The lowest BCUT2D eigenvalue weighted by Gasteiger charge is -2.09. The van der Waals surface area contributed by atoms with E-state index in [4.69, 9.17) is 5.26 Å². The van der Waals surface area contributed by atoms with E-state index >= 15 is 0 Å². The standard InChI is InChI=1S/C16H10F3NO/c1-9-2-4-10(5-3-9)12(8-20)16(21)11-6-13(17)15(19)14(18)7-11/h2-7,12H,1H3. The molecule has 5 heteroatoms. The largest absolute Gasteiger partial charge is 0.292 e. The van der Waals surface area contributed by atoms with Crippen LogP contribution in [-0.4, -0.2) is 5.78 Å². The van der Waals surface area contributed by atoms with E-state index in [9.17, 15) is 18.0 Å². The number of hydrogen-bond donors (Lipinski definition) is 0. The molecule has 0 amide bonds. The Morgan fingerprint density at radius 2 is 1.62 bits per heavy atom. The molecule has 2 rings (SSSR count). The predicted molar refractivity (Wildman–Crippen MR) is 70.2 cm³/mol. The van der Waals surface area contributed by atoms with Gasteiger partial charge in [0.25, 0.3) is 0 Å². The zero-order chi connectivity index (χ0) is 15.6. The lowest BCUT2D eigenvalue weighted by molar-refractivity contribution is 0.0977. The zero-order valence-electron chi connectivity index (χ0n) is 11.0. The number of hydrogen-bond acceptors (Lipinski definition) is 2. The van der Waals surface area contributed by atoms with Gasteiger partial charge in [-0.2, -0.15) is 5.26 Å². The fourth-order valence-corrected chi connectivity index (χ4v) is 1.91. The highest BCUT2D eigenvalue weighted by atomic mass is 19.2. The van der Waals surface area contributed by atoms with Crippen LogP contribution in [0.25, 0.3) is 0 Å². The van der Waals surface area contributed by atoms with Gasteiger partial charge in [-0.1, -0.05) is 29.8 Å². The topological polar surface area (TPSA) is 40.9 Å². The van der Waals surface area contributed by atoms with Crippen LogP contribution in [0, 0.1) is 35.7 Å². The Morgan fingerprint density at radius 1 is 1.10 bits per heavy atom. The van der Waals surface area contributed by atoms with E-state index in [1.54, 1.807) is 30.3 Å². The van der Waals surface area contributed by atoms with Crippen LogP contribution in [0.4, 0.5) is 13.2 Å². The maximum atomic E-state index is 13.2. The quantitative estimate of drug-likeness (QED) is 0.635. The summed E-state index contributed by atoms with van der Waals surface area (Å²) in [6.07, 6.45) is 0. The minimum atomic E-state index is -1.64. The molecule has 2 aromatic rings. The maximum Gasteiger partial charge on any atom is 0.194 e. The number of nitrogens with zero attached hydrogens (tertiary/aromatic N) is 1. The second-order valence-corrected chi connectivity index (χ2v) is 4.59. The fourth-order valence-electron chi connectivity index (χ4n) is 1.91. The number of ketones is 1. The van der Waals surface area contributed by atoms with E-state index in [0.717, 1.165) is 5.56 Å². The van der Waals surface area contributed by atoms with Crippen molar-refractivity contribution in [3.8, 4) is 6.07 Å². The summed E-state index contributed by atoms with van der Waals surface area (Å²) in [5.74, 6) is -6.54. The van der Waals surface area contributed by atoms with Crippen molar-refractivity contribution in [1.29, 1.82) is 5.26 Å². The van der Waals surface area contributed by atoms with Gasteiger partial charge >= 0.3 is 0 Å². The number of Topliss-reactive ketones (excluding diaryl/α,β-unsaturated/α-hetero) is 1. The van der Waals surface area contributed by atoms with Gasteiger partial charge in [0.2, 0.25) is 0 Å². The molecular weight excluding hydrogens is 279 g/mol. The van der Waals surface area contributed by atoms with E-state index < -0.39 is 29.2 Å². The minimum Gasteiger partial charge on any atom is -0.292 e. The van der Waals surface area contributed by atoms with E-state index in [0.29, 0.717) is 17.7 Å². The van der Waals surface area contributed by atoms with Gasteiger partial charge in [-0.3, -0.25) is 4.79 Å². The molecule has 0 N–H and O–H groups in total. The minimum absolute atomic E-state index is 0.376. The Bertz CT molecular complexity index is 709. The van der Waals surface area contributed by atoms with Gasteiger partial charge in [0.05, 0.1) is 6.07 Å². The second kappa shape index (κ2) is 5.80. The highest BCUT2D eigenvalue weighted by Crippen LogP contribution is 2.23. The molecule has 0 aliphatic carbocycles. The van der Waals surface area contributed by atoms with Crippen molar-refractivity contribution in [3.05, 3.63) is 70.5 Å². The van der Waals surface area contributed by atoms with Gasteiger partial charge in [0.1, 0.15) is 5.92 Å². The van der Waals surface area contributed by atoms with Crippen LogP contribution in [0.1, 0.15) is 27.4 Å². The van der Waals surface area contributed by atoms with Crippen LogP contribution in [0.2, 0.25) is 0 Å². The van der Waals surface area contributed by atoms with Crippen molar-refractivity contribution < 1.29 is 18.0 Å². The summed E-state index contributed by atoms with van der Waals surface area (Å²) in [4.78, 5) is 12.2. The van der Waals surface area contributed by atoms with Crippen molar-refractivity contribution in [2.24, 2.45) is 0 Å². The summed E-state index contributed by atoms with van der Waals surface area (Å²) < 4.78 is 39.2. The van der Waals surface area contributed by atoms with Crippen LogP contribution >= 0.6 is 0 Å². The summed E-state index contributed by atoms with van der Waals surface area (Å²) in [5, 5.41) is 9.14. The number of carbonyl (C=O) groups is 1. The number of nitriles is 1. The smallest absolute Gasteiger partial charge is 0.194 e. The van der Waals surface area contributed by atoms with Crippen LogP contribution in [-0.2, 0) is 0 Å². The van der Waals surface area contributed by atoms with Crippen LogP contribution in [0.3, 0.4) is 0 Å². The Kier molecular flexibility index (Phi) is 4.08. The van der Waals surface area contributed by atoms with Crippen LogP contribution in [0.15, 0.2) is 36.4 Å². The first kappa shape index (κ1) is 14.8. The van der Waals surface area contributed by atoms with Gasteiger partial charge in [-0.05, 0) is 24.6 Å². The highest BCUT2D eigenvalue weighted by Gasteiger charge is 2.24. The molecule has 1 atom stereocenters. The zero-order valence-corrected chi connectivity index (χ0v) is 11.0. The third-order valence-electron chi connectivity index (χ3n) is 3.07. The normalized spacial score (nSPS) is 11.8. The van der Waals surface area contributed by atoms with E-state index in [-0.39, 0.29) is 5.56 Å². The molecule has 0 spiro atoms. The SMILES string of the molecule is Cc1ccc(C(C#N)C(=O)c2cc(F)c(F)c(F)c2)cc1. The molecular formula is C16H10F3NO. The summed E-state index contributed by atoms with van der Waals surface area (Å²) in [6, 6.07) is 9.63. The third kappa shape index (κ3) is 2.95. The Hall–Kier alpha value is -2.61. The first-order chi connectivity index (χ1) is 9.93. The van der Waals surface area contributed by atoms with Gasteiger partial charge in [0, 0.05) is 5.56 Å². The number of carbonyl (C=O) groups excluding carboxylic acids is 1. The predicted octanol–water partition coefficient (Wildman–Crippen LogP) is 3.90. The van der Waals surface area contributed by atoms with Gasteiger partial charge in [-0.25, -0.2) is 13.2 Å². The molecule has 2 aromatic carbocycles.